The Kier molecular flexibility index (Phi) is 5.34. The molecule has 1 N–H and O–H groups in total. The lowest BCUT2D eigenvalue weighted by atomic mass is 9.46. The second-order valence-electron chi connectivity index (χ2n) is 12.0. The summed E-state index contributed by atoms with van der Waals surface area (Å²) in [6.07, 6.45) is 9.44. The summed E-state index contributed by atoms with van der Waals surface area (Å²) in [5, 5.41) is 11.6. The summed E-state index contributed by atoms with van der Waals surface area (Å²) in [7, 11) is 0. The van der Waals surface area contributed by atoms with Gasteiger partial charge in [0.05, 0.1) is 19.1 Å². The van der Waals surface area contributed by atoms with Gasteiger partial charge in [0, 0.05) is 18.8 Å². The Hall–Kier alpha value is -1.40. The Bertz CT molecular complexity index is 878. The molecule has 6 heteroatoms. The fourth-order valence-electron chi connectivity index (χ4n) is 9.03. The van der Waals surface area contributed by atoms with Crippen molar-refractivity contribution >= 4 is 11.9 Å². The molecule has 1 heterocycles. The van der Waals surface area contributed by atoms with Crippen LogP contribution in [0.3, 0.4) is 0 Å². The number of rotatable bonds is 5. The highest BCUT2D eigenvalue weighted by atomic mass is 16.6. The molecule has 0 amide bonds. The molecule has 33 heavy (non-hydrogen) atoms. The van der Waals surface area contributed by atoms with E-state index < -0.39 is 11.2 Å². The number of hydrogen-bond acceptors (Lipinski definition) is 6. The molecule has 5 aliphatic rings. The molecule has 1 aliphatic heterocycles. The van der Waals surface area contributed by atoms with Crippen LogP contribution in [0.4, 0.5) is 0 Å². The van der Waals surface area contributed by atoms with Crippen molar-refractivity contribution in [1.29, 1.82) is 0 Å². The second-order valence-corrected chi connectivity index (χ2v) is 12.0. The minimum Gasteiger partial charge on any atom is -0.466 e. The lowest BCUT2D eigenvalue weighted by Gasteiger charge is -2.59. The number of allylic oxidation sites excluding steroid dienone is 1. The van der Waals surface area contributed by atoms with Crippen LogP contribution in [0.2, 0.25) is 0 Å². The van der Waals surface area contributed by atoms with Crippen molar-refractivity contribution < 1.29 is 28.9 Å². The number of carbonyl (C=O) groups excluding carboxylic acids is 2. The van der Waals surface area contributed by atoms with Crippen molar-refractivity contribution in [3.63, 3.8) is 0 Å². The third-order valence-corrected chi connectivity index (χ3v) is 10.4. The SMILES string of the molecule is CCOC(=O)C[C@](C)(O)[C@@]12O[C@@H]1C[C@@H]1[C@@H]3CC=C4C[C@@H](OC(C)=O)CC[C@]4(C)[C@H]3CC[C@@]12C. The summed E-state index contributed by atoms with van der Waals surface area (Å²) in [4.78, 5) is 23.8. The van der Waals surface area contributed by atoms with Crippen LogP contribution < -0.4 is 0 Å². The molecule has 184 valence electrons. The van der Waals surface area contributed by atoms with Gasteiger partial charge in [0.15, 0.2) is 0 Å². The fraction of sp³-hybridized carbons (Fsp3) is 0.852. The Morgan fingerprint density at radius 2 is 2.00 bits per heavy atom. The van der Waals surface area contributed by atoms with Crippen LogP contribution in [0, 0.1) is 28.6 Å². The summed E-state index contributed by atoms with van der Waals surface area (Å²) < 4.78 is 17.0. The quantitative estimate of drug-likeness (QED) is 0.373. The van der Waals surface area contributed by atoms with Gasteiger partial charge in [0.1, 0.15) is 17.3 Å². The fourth-order valence-corrected chi connectivity index (χ4v) is 9.03. The highest BCUT2D eigenvalue weighted by molar-refractivity contribution is 5.71. The van der Waals surface area contributed by atoms with Crippen molar-refractivity contribution in [1.82, 2.24) is 0 Å². The van der Waals surface area contributed by atoms with Gasteiger partial charge >= 0.3 is 11.9 Å². The minimum atomic E-state index is -1.23. The largest absolute Gasteiger partial charge is 0.466 e. The zero-order valence-electron chi connectivity index (χ0n) is 20.8. The third-order valence-electron chi connectivity index (χ3n) is 10.4. The predicted molar refractivity (Wildman–Crippen MR) is 122 cm³/mol. The monoisotopic (exact) mass is 460 g/mol. The number of ether oxygens (including phenoxy) is 3. The molecule has 5 rings (SSSR count). The van der Waals surface area contributed by atoms with Gasteiger partial charge in [-0.1, -0.05) is 25.5 Å². The van der Waals surface area contributed by atoms with Crippen molar-refractivity contribution in [2.75, 3.05) is 6.61 Å². The molecule has 3 saturated carbocycles. The van der Waals surface area contributed by atoms with Crippen molar-refractivity contribution in [2.45, 2.75) is 109 Å². The molecule has 6 nitrogen and oxygen atoms in total. The summed E-state index contributed by atoms with van der Waals surface area (Å²) in [6.45, 7) is 10.1. The Labute approximate surface area is 197 Å². The lowest BCUT2D eigenvalue weighted by molar-refractivity contribution is -0.165. The molecule has 0 aromatic rings. The maximum absolute atomic E-state index is 12.3. The van der Waals surface area contributed by atoms with Gasteiger partial charge in [-0.25, -0.2) is 0 Å². The topological polar surface area (TPSA) is 85.4 Å². The van der Waals surface area contributed by atoms with Crippen LogP contribution in [0.1, 0.15) is 86.0 Å². The Morgan fingerprint density at radius 1 is 1.24 bits per heavy atom. The molecular weight excluding hydrogens is 420 g/mol. The summed E-state index contributed by atoms with van der Waals surface area (Å²) in [6, 6.07) is 0. The van der Waals surface area contributed by atoms with E-state index in [-0.39, 0.29) is 41.4 Å². The van der Waals surface area contributed by atoms with Crippen molar-refractivity contribution in [3.05, 3.63) is 11.6 Å². The molecule has 4 fully saturated rings. The first-order valence-corrected chi connectivity index (χ1v) is 12.9. The first kappa shape index (κ1) is 23.3. The first-order valence-electron chi connectivity index (χ1n) is 12.9. The second kappa shape index (κ2) is 7.55. The average molecular weight is 461 g/mol. The van der Waals surface area contributed by atoms with E-state index in [1.807, 2.05) is 0 Å². The van der Waals surface area contributed by atoms with E-state index in [2.05, 4.69) is 19.9 Å². The molecule has 1 saturated heterocycles. The van der Waals surface area contributed by atoms with Crippen molar-refractivity contribution in [3.8, 4) is 0 Å². The van der Waals surface area contributed by atoms with Gasteiger partial charge < -0.3 is 19.3 Å². The van der Waals surface area contributed by atoms with Gasteiger partial charge in [0.2, 0.25) is 0 Å². The molecule has 0 bridgehead atoms. The average Bonchev–Trinajstić information content (AvgIpc) is 3.41. The van der Waals surface area contributed by atoms with Gasteiger partial charge in [-0.05, 0) is 75.5 Å². The van der Waals surface area contributed by atoms with Crippen LogP contribution in [-0.4, -0.2) is 47.1 Å². The van der Waals surface area contributed by atoms with Crippen LogP contribution in [0.15, 0.2) is 11.6 Å². The summed E-state index contributed by atoms with van der Waals surface area (Å²) in [5.41, 5.74) is -0.392. The maximum atomic E-state index is 12.3. The summed E-state index contributed by atoms with van der Waals surface area (Å²) >= 11 is 0. The number of aliphatic hydroxyl groups is 1. The van der Waals surface area contributed by atoms with Crippen LogP contribution in [0.25, 0.3) is 0 Å². The van der Waals surface area contributed by atoms with E-state index in [1.54, 1.807) is 13.8 Å². The van der Waals surface area contributed by atoms with Crippen LogP contribution >= 0.6 is 0 Å². The lowest BCUT2D eigenvalue weighted by Crippen LogP contribution is -2.59. The Morgan fingerprint density at radius 3 is 2.70 bits per heavy atom. The number of fused-ring (bicyclic) bond motifs is 7. The summed E-state index contributed by atoms with van der Waals surface area (Å²) in [5.74, 6) is 1.11. The van der Waals surface area contributed by atoms with Gasteiger partial charge in [0.25, 0.3) is 0 Å². The van der Waals surface area contributed by atoms with E-state index in [0.717, 1.165) is 44.9 Å². The standard InChI is InChI=1S/C27H40O6/c1-6-31-23(29)15-26(5,30)27-22(33-27)14-21-19-8-7-17-13-18(32-16(2)28)9-11-24(17,3)20(19)10-12-25(21,27)4/h7,18-22,30H,6,8-15H2,1-5H3/t18-,19+,20-,21+,22+,24-,25-,26-,27+/m0/s1. The van der Waals surface area contributed by atoms with Crippen LogP contribution in [-0.2, 0) is 23.8 Å². The van der Waals surface area contributed by atoms with E-state index in [0.29, 0.717) is 24.4 Å². The van der Waals surface area contributed by atoms with Gasteiger partial charge in [-0.15, -0.1) is 0 Å². The Balaban J connectivity index is 1.39. The number of carbonyl (C=O) groups is 2. The van der Waals surface area contributed by atoms with Crippen molar-refractivity contribution in [2.24, 2.45) is 28.6 Å². The van der Waals surface area contributed by atoms with Crippen LogP contribution in [0.5, 0.6) is 0 Å². The molecule has 0 unspecified atom stereocenters. The number of epoxide rings is 1. The third kappa shape index (κ3) is 3.19. The maximum Gasteiger partial charge on any atom is 0.308 e. The highest BCUT2D eigenvalue weighted by Gasteiger charge is 2.82. The molecule has 0 radical (unpaired) electrons. The zero-order valence-corrected chi connectivity index (χ0v) is 20.8. The molecule has 0 spiro atoms. The first-order chi connectivity index (χ1) is 15.5. The number of esters is 2. The smallest absolute Gasteiger partial charge is 0.308 e. The molecule has 4 aliphatic carbocycles. The molecule has 0 aromatic heterocycles. The molecular formula is C27H40O6. The van der Waals surface area contributed by atoms with E-state index in [9.17, 15) is 14.7 Å². The van der Waals surface area contributed by atoms with E-state index in [1.165, 1.54) is 12.5 Å². The molecule has 0 aromatic carbocycles. The van der Waals surface area contributed by atoms with Gasteiger partial charge in [-0.2, -0.15) is 0 Å². The minimum absolute atomic E-state index is 0.0148. The molecule has 9 atom stereocenters. The predicted octanol–water partition coefficient (Wildman–Crippen LogP) is 4.33. The number of hydrogen-bond donors (Lipinski definition) is 1. The zero-order chi connectivity index (χ0) is 23.8. The van der Waals surface area contributed by atoms with E-state index in [4.69, 9.17) is 14.2 Å². The van der Waals surface area contributed by atoms with E-state index >= 15 is 0 Å². The highest BCUT2D eigenvalue weighted by Crippen LogP contribution is 2.75. The normalized spacial score (nSPS) is 47.1. The van der Waals surface area contributed by atoms with Gasteiger partial charge in [-0.3, -0.25) is 9.59 Å².